The third-order valence-electron chi connectivity index (χ3n) is 2.62. The minimum atomic E-state index is 0.384. The van der Waals surface area contributed by atoms with Crippen molar-refractivity contribution in [2.75, 3.05) is 26.1 Å². The van der Waals surface area contributed by atoms with Crippen molar-refractivity contribution < 1.29 is 14.2 Å². The van der Waals surface area contributed by atoms with E-state index in [4.69, 9.17) is 31.5 Å². The SMILES string of the molecule is COc1ccc(OCCOc2cc(N)ccc2Cl)cc1. The molecule has 106 valence electrons. The molecule has 2 rings (SSSR count). The second kappa shape index (κ2) is 6.91. The summed E-state index contributed by atoms with van der Waals surface area (Å²) in [5.74, 6) is 2.11. The first-order valence-corrected chi connectivity index (χ1v) is 6.51. The van der Waals surface area contributed by atoms with Crippen LogP contribution in [0.25, 0.3) is 0 Å². The lowest BCUT2D eigenvalue weighted by Gasteiger charge is -2.10. The van der Waals surface area contributed by atoms with Gasteiger partial charge < -0.3 is 19.9 Å². The zero-order chi connectivity index (χ0) is 14.4. The summed E-state index contributed by atoms with van der Waals surface area (Å²) in [6.45, 7) is 0.798. The fourth-order valence-electron chi connectivity index (χ4n) is 1.61. The highest BCUT2D eigenvalue weighted by molar-refractivity contribution is 6.32. The number of nitrogens with two attached hydrogens (primary N) is 1. The number of nitrogen functional groups attached to an aromatic ring is 1. The van der Waals surface area contributed by atoms with Crippen molar-refractivity contribution in [3.05, 3.63) is 47.5 Å². The standard InChI is InChI=1S/C15H16ClNO3/c1-18-12-3-5-13(6-4-12)19-8-9-20-15-10-11(17)2-7-14(15)16/h2-7,10H,8-9,17H2,1H3. The van der Waals surface area contributed by atoms with Gasteiger partial charge >= 0.3 is 0 Å². The number of ether oxygens (including phenoxy) is 3. The van der Waals surface area contributed by atoms with E-state index in [1.54, 1.807) is 25.3 Å². The Bertz CT molecular complexity index is 558. The van der Waals surface area contributed by atoms with E-state index >= 15 is 0 Å². The average molecular weight is 294 g/mol. The Morgan fingerprint density at radius 1 is 0.950 bits per heavy atom. The number of benzene rings is 2. The molecule has 5 heteroatoms. The molecule has 20 heavy (non-hydrogen) atoms. The van der Waals surface area contributed by atoms with Gasteiger partial charge in [-0.3, -0.25) is 0 Å². The average Bonchev–Trinajstić information content (AvgIpc) is 2.47. The zero-order valence-corrected chi connectivity index (χ0v) is 11.9. The molecule has 0 saturated carbocycles. The molecule has 0 aliphatic carbocycles. The molecule has 0 atom stereocenters. The molecule has 0 amide bonds. The molecule has 0 radical (unpaired) electrons. The zero-order valence-electron chi connectivity index (χ0n) is 11.1. The molecular weight excluding hydrogens is 278 g/mol. The minimum absolute atomic E-state index is 0.384. The van der Waals surface area contributed by atoms with E-state index in [9.17, 15) is 0 Å². The van der Waals surface area contributed by atoms with Crippen LogP contribution in [0.5, 0.6) is 17.2 Å². The summed E-state index contributed by atoms with van der Waals surface area (Å²) in [5.41, 5.74) is 6.28. The molecule has 4 nitrogen and oxygen atoms in total. The van der Waals surface area contributed by atoms with Gasteiger partial charge in [0.2, 0.25) is 0 Å². The lowest BCUT2D eigenvalue weighted by Crippen LogP contribution is -2.09. The summed E-state index contributed by atoms with van der Waals surface area (Å²) >= 11 is 5.99. The van der Waals surface area contributed by atoms with Crippen LogP contribution in [0, 0.1) is 0 Å². The molecule has 0 spiro atoms. The highest BCUT2D eigenvalue weighted by atomic mass is 35.5. The van der Waals surface area contributed by atoms with Crippen molar-refractivity contribution in [3.8, 4) is 17.2 Å². The Morgan fingerprint density at radius 3 is 2.30 bits per heavy atom. The van der Waals surface area contributed by atoms with E-state index in [-0.39, 0.29) is 0 Å². The Hall–Kier alpha value is -2.07. The maximum atomic E-state index is 5.99. The van der Waals surface area contributed by atoms with Gasteiger partial charge in [0, 0.05) is 11.8 Å². The van der Waals surface area contributed by atoms with E-state index < -0.39 is 0 Å². The second-order valence-corrected chi connectivity index (χ2v) is 4.47. The quantitative estimate of drug-likeness (QED) is 0.655. The summed E-state index contributed by atoms with van der Waals surface area (Å²) in [7, 11) is 1.62. The van der Waals surface area contributed by atoms with Gasteiger partial charge in [0.25, 0.3) is 0 Å². The summed E-state index contributed by atoms with van der Waals surface area (Å²) in [6.07, 6.45) is 0. The smallest absolute Gasteiger partial charge is 0.140 e. The Labute approximate surface area is 123 Å². The normalized spacial score (nSPS) is 10.1. The molecule has 2 aromatic rings. The van der Waals surface area contributed by atoms with Crippen LogP contribution in [0.3, 0.4) is 0 Å². The molecule has 0 heterocycles. The predicted octanol–water partition coefficient (Wildman–Crippen LogP) is 3.39. The van der Waals surface area contributed by atoms with Gasteiger partial charge in [-0.15, -0.1) is 0 Å². The molecule has 0 bridgehead atoms. The fraction of sp³-hybridized carbons (Fsp3) is 0.200. The lowest BCUT2D eigenvalue weighted by molar-refractivity contribution is 0.217. The molecule has 0 fully saturated rings. The van der Waals surface area contributed by atoms with Gasteiger partial charge in [0.15, 0.2) is 0 Å². The van der Waals surface area contributed by atoms with Crippen molar-refractivity contribution in [3.63, 3.8) is 0 Å². The Kier molecular flexibility index (Phi) is 4.96. The molecule has 0 saturated heterocycles. The van der Waals surface area contributed by atoms with E-state index in [1.807, 2.05) is 24.3 Å². The summed E-state index contributed by atoms with van der Waals surface area (Å²) in [4.78, 5) is 0. The van der Waals surface area contributed by atoms with Crippen LogP contribution in [0.4, 0.5) is 5.69 Å². The first-order chi connectivity index (χ1) is 9.69. The molecule has 0 aliphatic heterocycles. The van der Waals surface area contributed by atoms with Crippen molar-refractivity contribution in [2.24, 2.45) is 0 Å². The minimum Gasteiger partial charge on any atom is -0.497 e. The van der Waals surface area contributed by atoms with Gasteiger partial charge in [0.05, 0.1) is 12.1 Å². The molecule has 2 N–H and O–H groups in total. The summed E-state index contributed by atoms with van der Waals surface area (Å²) in [6, 6.07) is 12.5. The van der Waals surface area contributed by atoms with Gasteiger partial charge in [-0.1, -0.05) is 11.6 Å². The number of rotatable bonds is 6. The van der Waals surface area contributed by atoms with Crippen LogP contribution < -0.4 is 19.9 Å². The number of hydrogen-bond donors (Lipinski definition) is 1. The van der Waals surface area contributed by atoms with E-state index in [0.717, 1.165) is 11.5 Å². The van der Waals surface area contributed by atoms with Crippen LogP contribution in [0.15, 0.2) is 42.5 Å². The first kappa shape index (κ1) is 14.3. The van der Waals surface area contributed by atoms with Crippen LogP contribution in [0.2, 0.25) is 5.02 Å². The van der Waals surface area contributed by atoms with E-state index in [2.05, 4.69) is 0 Å². The molecular formula is C15H16ClNO3. The van der Waals surface area contributed by atoms with Crippen LogP contribution >= 0.6 is 11.6 Å². The number of anilines is 1. The topological polar surface area (TPSA) is 53.7 Å². The third-order valence-corrected chi connectivity index (χ3v) is 2.94. The maximum absolute atomic E-state index is 5.99. The van der Waals surface area contributed by atoms with Crippen molar-refractivity contribution >= 4 is 17.3 Å². The van der Waals surface area contributed by atoms with E-state index in [1.165, 1.54) is 0 Å². The van der Waals surface area contributed by atoms with Gasteiger partial charge in [0.1, 0.15) is 30.5 Å². The third kappa shape index (κ3) is 3.96. The highest BCUT2D eigenvalue weighted by Gasteiger charge is 2.02. The Morgan fingerprint density at radius 2 is 1.60 bits per heavy atom. The van der Waals surface area contributed by atoms with Crippen LogP contribution in [0.1, 0.15) is 0 Å². The van der Waals surface area contributed by atoms with Gasteiger partial charge in [-0.05, 0) is 36.4 Å². The number of methoxy groups -OCH3 is 1. The molecule has 0 aromatic heterocycles. The second-order valence-electron chi connectivity index (χ2n) is 4.06. The largest absolute Gasteiger partial charge is 0.497 e. The van der Waals surface area contributed by atoms with Crippen LogP contribution in [-0.4, -0.2) is 20.3 Å². The maximum Gasteiger partial charge on any atom is 0.140 e. The monoisotopic (exact) mass is 293 g/mol. The number of halogens is 1. The van der Waals surface area contributed by atoms with Crippen molar-refractivity contribution in [1.82, 2.24) is 0 Å². The fourth-order valence-corrected chi connectivity index (χ4v) is 1.79. The Balaban J connectivity index is 1.79. The van der Waals surface area contributed by atoms with E-state index in [0.29, 0.717) is 29.7 Å². The van der Waals surface area contributed by atoms with Gasteiger partial charge in [-0.2, -0.15) is 0 Å². The number of hydrogen-bond acceptors (Lipinski definition) is 4. The highest BCUT2D eigenvalue weighted by Crippen LogP contribution is 2.26. The van der Waals surface area contributed by atoms with Crippen LogP contribution in [-0.2, 0) is 0 Å². The first-order valence-electron chi connectivity index (χ1n) is 6.14. The van der Waals surface area contributed by atoms with Gasteiger partial charge in [-0.25, -0.2) is 0 Å². The predicted molar refractivity (Wildman–Crippen MR) is 79.8 cm³/mol. The lowest BCUT2D eigenvalue weighted by atomic mass is 10.3. The molecule has 0 unspecified atom stereocenters. The summed E-state index contributed by atoms with van der Waals surface area (Å²) in [5, 5.41) is 0.531. The van der Waals surface area contributed by atoms with Crippen molar-refractivity contribution in [2.45, 2.75) is 0 Å². The molecule has 0 aliphatic rings. The molecule has 2 aromatic carbocycles. The summed E-state index contributed by atoms with van der Waals surface area (Å²) < 4.78 is 16.1. The van der Waals surface area contributed by atoms with Crippen molar-refractivity contribution in [1.29, 1.82) is 0 Å².